The number of benzene rings is 3. The largest absolute Gasteiger partial charge is 0.462 e. The smallest absolute Gasteiger partial charge is 0.341 e. The number of rotatable bonds is 8. The quantitative estimate of drug-likeness (QED) is 0.146. The van der Waals surface area contributed by atoms with Crippen molar-refractivity contribution in [2.75, 3.05) is 22.1 Å². The summed E-state index contributed by atoms with van der Waals surface area (Å²) in [7, 11) is 0. The minimum atomic E-state index is -0.487. The van der Waals surface area contributed by atoms with Gasteiger partial charge in [-0.2, -0.15) is 0 Å². The SMILES string of the molecule is CCOC(=O)c1c(-c2ccccc2)csc1NC(=O)C(C)Sc1cccc(NC(=O)N2c3ccccc3SC3C=CC=CC32)c1. The molecule has 6 rings (SSSR count). The van der Waals surface area contributed by atoms with E-state index in [9.17, 15) is 14.4 Å². The summed E-state index contributed by atoms with van der Waals surface area (Å²) in [6.45, 7) is 3.80. The van der Waals surface area contributed by atoms with E-state index in [1.807, 2.05) is 108 Å². The van der Waals surface area contributed by atoms with Crippen molar-refractivity contribution in [3.63, 3.8) is 0 Å². The van der Waals surface area contributed by atoms with Crippen LogP contribution in [0.5, 0.6) is 0 Å². The topological polar surface area (TPSA) is 87.7 Å². The van der Waals surface area contributed by atoms with Gasteiger partial charge >= 0.3 is 12.0 Å². The van der Waals surface area contributed by atoms with Gasteiger partial charge in [-0.3, -0.25) is 9.69 Å². The maximum Gasteiger partial charge on any atom is 0.341 e. The van der Waals surface area contributed by atoms with Gasteiger partial charge in [0.15, 0.2) is 0 Å². The number of thioether (sulfide) groups is 2. The molecule has 3 unspecified atom stereocenters. The van der Waals surface area contributed by atoms with Gasteiger partial charge in [0.25, 0.3) is 0 Å². The zero-order chi connectivity index (χ0) is 31.3. The highest BCUT2D eigenvalue weighted by atomic mass is 32.2. The lowest BCUT2D eigenvalue weighted by Gasteiger charge is -2.40. The number of anilines is 3. The van der Waals surface area contributed by atoms with Gasteiger partial charge in [0.05, 0.1) is 28.8 Å². The Morgan fingerprint density at radius 2 is 1.73 bits per heavy atom. The number of urea groups is 1. The molecule has 2 N–H and O–H groups in total. The molecule has 3 aromatic carbocycles. The molecule has 7 nitrogen and oxygen atoms in total. The molecule has 228 valence electrons. The van der Waals surface area contributed by atoms with Crippen LogP contribution in [0.4, 0.5) is 21.2 Å². The summed E-state index contributed by atoms with van der Waals surface area (Å²) in [5.41, 5.74) is 3.46. The third-order valence-corrected chi connectivity index (χ3v) is 10.6. The Balaban J connectivity index is 1.16. The van der Waals surface area contributed by atoms with Crippen molar-refractivity contribution < 1.29 is 19.1 Å². The van der Waals surface area contributed by atoms with Crippen molar-refractivity contribution in [3.8, 4) is 11.1 Å². The van der Waals surface area contributed by atoms with Crippen LogP contribution in [0.3, 0.4) is 0 Å². The van der Waals surface area contributed by atoms with Crippen LogP contribution >= 0.6 is 34.9 Å². The molecule has 1 aromatic heterocycles. The number of fused-ring (bicyclic) bond motifs is 2. The van der Waals surface area contributed by atoms with Gasteiger partial charge < -0.3 is 15.4 Å². The molecule has 0 spiro atoms. The lowest BCUT2D eigenvalue weighted by atomic mass is 10.0. The normalized spacial score (nSPS) is 17.2. The molecule has 3 amide bonds. The Labute approximate surface area is 274 Å². The maximum atomic E-state index is 13.7. The Morgan fingerprint density at radius 3 is 2.56 bits per heavy atom. The van der Waals surface area contributed by atoms with Crippen molar-refractivity contribution >= 4 is 69.1 Å². The summed E-state index contributed by atoms with van der Waals surface area (Å²) in [6.07, 6.45) is 8.19. The highest BCUT2D eigenvalue weighted by molar-refractivity contribution is 8.00. The lowest BCUT2D eigenvalue weighted by molar-refractivity contribution is -0.115. The average molecular weight is 654 g/mol. The van der Waals surface area contributed by atoms with Crippen LogP contribution in [-0.4, -0.2) is 41.1 Å². The molecule has 1 aliphatic heterocycles. The molecule has 10 heteroatoms. The summed E-state index contributed by atoms with van der Waals surface area (Å²) in [5.74, 6) is -0.718. The van der Waals surface area contributed by atoms with E-state index in [4.69, 9.17) is 4.74 Å². The molecule has 0 fully saturated rings. The Bertz CT molecular complexity index is 1790. The van der Waals surface area contributed by atoms with E-state index in [0.717, 1.165) is 26.6 Å². The van der Waals surface area contributed by atoms with Crippen LogP contribution in [0.25, 0.3) is 11.1 Å². The van der Waals surface area contributed by atoms with Crippen LogP contribution in [0.15, 0.2) is 118 Å². The van der Waals surface area contributed by atoms with Crippen molar-refractivity contribution in [2.24, 2.45) is 0 Å². The van der Waals surface area contributed by atoms with E-state index in [1.54, 1.807) is 18.7 Å². The summed E-state index contributed by atoms with van der Waals surface area (Å²) in [4.78, 5) is 43.7. The number of thiophene rings is 1. The first-order valence-corrected chi connectivity index (χ1v) is 17.2. The van der Waals surface area contributed by atoms with Crippen LogP contribution in [-0.2, 0) is 9.53 Å². The van der Waals surface area contributed by atoms with Gasteiger partial charge in [-0.05, 0) is 49.7 Å². The summed E-state index contributed by atoms with van der Waals surface area (Å²) >= 11 is 4.43. The Morgan fingerprint density at radius 1 is 0.956 bits per heavy atom. The molecule has 4 aromatic rings. The molecule has 45 heavy (non-hydrogen) atoms. The van der Waals surface area contributed by atoms with E-state index in [2.05, 4.69) is 22.8 Å². The lowest BCUT2D eigenvalue weighted by Crippen LogP contribution is -2.49. The second-order valence-corrected chi connectivity index (χ2v) is 13.8. The van der Waals surface area contributed by atoms with Crippen molar-refractivity contribution in [1.29, 1.82) is 0 Å². The number of carbonyl (C=O) groups excluding carboxylic acids is 3. The molecule has 0 bridgehead atoms. The molecule has 1 aliphatic carbocycles. The van der Waals surface area contributed by atoms with Crippen molar-refractivity contribution in [2.45, 2.75) is 40.2 Å². The Kier molecular flexibility index (Phi) is 9.44. The summed E-state index contributed by atoms with van der Waals surface area (Å²) in [6, 6.07) is 24.7. The summed E-state index contributed by atoms with van der Waals surface area (Å²) < 4.78 is 5.33. The molecule has 2 aliphatic rings. The van der Waals surface area contributed by atoms with Crippen molar-refractivity contribution in [3.05, 3.63) is 114 Å². The van der Waals surface area contributed by atoms with E-state index in [1.165, 1.54) is 23.1 Å². The number of carbonyl (C=O) groups is 3. The van der Waals surface area contributed by atoms with E-state index < -0.39 is 11.2 Å². The van der Waals surface area contributed by atoms with Gasteiger partial charge in [-0.1, -0.05) is 72.8 Å². The molecular weight excluding hydrogens is 623 g/mol. The first-order chi connectivity index (χ1) is 21.9. The second kappa shape index (κ2) is 13.8. The number of amides is 3. The fourth-order valence-corrected chi connectivity index (χ4v) is 8.36. The van der Waals surface area contributed by atoms with Gasteiger partial charge in [0.2, 0.25) is 5.91 Å². The van der Waals surface area contributed by atoms with Gasteiger partial charge in [0.1, 0.15) is 10.6 Å². The molecule has 0 radical (unpaired) electrons. The Hall–Kier alpha value is -4.25. The number of para-hydroxylation sites is 1. The molecule has 0 saturated heterocycles. The average Bonchev–Trinajstić information content (AvgIpc) is 3.47. The zero-order valence-electron chi connectivity index (χ0n) is 24.6. The second-order valence-electron chi connectivity index (χ2n) is 10.3. The van der Waals surface area contributed by atoms with Gasteiger partial charge in [0, 0.05) is 26.4 Å². The minimum Gasteiger partial charge on any atom is -0.462 e. The fraction of sp³-hybridized carbons (Fsp3) is 0.171. The van der Waals surface area contributed by atoms with Crippen molar-refractivity contribution in [1.82, 2.24) is 0 Å². The third kappa shape index (κ3) is 6.73. The highest BCUT2D eigenvalue weighted by Crippen LogP contribution is 2.44. The standard InChI is InChI=1S/C35H31N3O4S3/c1-3-42-34(40)31-26(23-12-5-4-6-13-23)21-43-33(31)37-32(39)22(2)44-25-15-11-14-24(20-25)36-35(41)38-27-16-7-9-18-29(27)45-30-19-10-8-17-28(30)38/h4-22,27,29H,3H2,1-2H3,(H,36,41)(H,37,39). The van der Waals surface area contributed by atoms with Crippen LogP contribution in [0.2, 0.25) is 0 Å². The first kappa shape index (κ1) is 30.8. The van der Waals surface area contributed by atoms with Crippen LogP contribution < -0.4 is 15.5 Å². The van der Waals surface area contributed by atoms with E-state index in [0.29, 0.717) is 16.3 Å². The third-order valence-electron chi connectivity index (χ3n) is 7.32. The monoisotopic (exact) mass is 653 g/mol. The number of allylic oxidation sites excluding steroid dienone is 2. The first-order valence-electron chi connectivity index (χ1n) is 14.6. The number of nitrogens with zero attached hydrogens (tertiary/aromatic N) is 1. The molecule has 3 atom stereocenters. The minimum absolute atomic E-state index is 0.102. The number of esters is 1. The zero-order valence-corrected chi connectivity index (χ0v) is 27.1. The molecular formula is C35H31N3O4S3. The maximum absolute atomic E-state index is 13.7. The van der Waals surface area contributed by atoms with Gasteiger partial charge in [-0.25, -0.2) is 9.59 Å². The number of nitrogens with one attached hydrogen (secondary N) is 2. The number of ether oxygens (including phenoxy) is 1. The van der Waals surface area contributed by atoms with E-state index in [-0.39, 0.29) is 29.8 Å². The highest BCUT2D eigenvalue weighted by Gasteiger charge is 2.36. The van der Waals surface area contributed by atoms with Crippen LogP contribution in [0.1, 0.15) is 24.2 Å². The number of hydrogen-bond acceptors (Lipinski definition) is 7. The predicted octanol–water partition coefficient (Wildman–Crippen LogP) is 8.72. The number of hydrogen-bond donors (Lipinski definition) is 2. The molecule has 2 heterocycles. The van der Waals surface area contributed by atoms with Crippen LogP contribution in [0, 0.1) is 0 Å². The predicted molar refractivity (Wildman–Crippen MR) is 186 cm³/mol. The summed E-state index contributed by atoms with van der Waals surface area (Å²) in [5, 5.41) is 7.99. The van der Waals surface area contributed by atoms with Gasteiger partial charge in [-0.15, -0.1) is 34.9 Å². The van der Waals surface area contributed by atoms with E-state index >= 15 is 0 Å². The fourth-order valence-electron chi connectivity index (χ4n) is 5.21. The molecule has 0 saturated carbocycles.